The standard InChI is InChI=1S/C50H48Cl2F2N4O11S2/c51-40-26-57(63)27-41(52)38(40)25-39(33-14-15-42(68-48(53)54)43(24-33)66-29-30-12-13-30)50(47(60)61)58(20-21-70-50)71(64,65)37-11-5-9-35(23-37)46(59)67-36-10-4-8-34(22-36)45(32-6-2-1-3-7-32)55-49(62)69-44-28-56-18-16-31(44)17-19-56/h1-11,14-15,22-24,26-27,30-31,39,44-45,48H,12-13,16-21,25,28-29H2,(H,55,62)(H,60,61)/t39-,44-,45?,50-/m0/s1. The molecule has 1 unspecified atom stereocenters. The van der Waals surface area contributed by atoms with Crippen molar-refractivity contribution in [3.63, 3.8) is 0 Å². The SMILES string of the molecule is O=C(NC(c1ccccc1)c1cccc(OC(=O)c2cccc(S(=O)(=O)N3CCS[C@]3(C(=O)O)[C@@H](Cc3c(Cl)c[n+]([O-])cc3Cl)c3ccc(OC(F)F)c(OCC4CC4)c3)c2)c1)O[C@H]1CN2CCC1CC2. The Balaban J connectivity index is 1.01. The Morgan fingerprint density at radius 3 is 2.27 bits per heavy atom. The Morgan fingerprint density at radius 2 is 1.59 bits per heavy atom. The van der Waals surface area contributed by atoms with E-state index in [1.807, 2.05) is 30.3 Å². The van der Waals surface area contributed by atoms with E-state index in [0.717, 1.165) is 78.9 Å². The van der Waals surface area contributed by atoms with Gasteiger partial charge in [0, 0.05) is 30.3 Å². The van der Waals surface area contributed by atoms with Crippen LogP contribution in [0.3, 0.4) is 0 Å². The summed E-state index contributed by atoms with van der Waals surface area (Å²) >= 11 is 13.9. The molecule has 0 spiro atoms. The number of rotatable bonds is 18. The molecule has 2 bridgehead atoms. The fourth-order valence-electron chi connectivity index (χ4n) is 9.54. The van der Waals surface area contributed by atoms with Crippen LogP contribution in [0.4, 0.5) is 13.6 Å². The normalized spacial score (nSPS) is 21.8. The highest BCUT2D eigenvalue weighted by Gasteiger charge is 2.60. The molecule has 1 aliphatic carbocycles. The number of nitrogens with one attached hydrogen (secondary N) is 1. The van der Waals surface area contributed by atoms with Gasteiger partial charge in [-0.05, 0) is 116 Å². The summed E-state index contributed by atoms with van der Waals surface area (Å²) in [5, 5.41) is 26.4. The van der Waals surface area contributed by atoms with Crippen LogP contribution in [-0.2, 0) is 26.0 Å². The number of carboxylic acids is 1. The molecule has 374 valence electrons. The molecule has 4 atom stereocenters. The number of aromatic nitrogens is 1. The van der Waals surface area contributed by atoms with Crippen molar-refractivity contribution in [3.8, 4) is 17.2 Å². The number of sulfonamides is 1. The lowest BCUT2D eigenvalue weighted by atomic mass is 9.85. The smallest absolute Gasteiger partial charge is 0.408 e. The maximum absolute atomic E-state index is 15.0. The Kier molecular flexibility index (Phi) is 15.0. The zero-order valence-corrected chi connectivity index (χ0v) is 41.0. The van der Waals surface area contributed by atoms with Crippen LogP contribution in [-0.4, -0.2) is 96.9 Å². The number of carbonyl (C=O) groups is 3. The number of amides is 1. The number of alkyl halides is 2. The van der Waals surface area contributed by atoms with E-state index in [2.05, 4.69) is 10.2 Å². The van der Waals surface area contributed by atoms with E-state index >= 15 is 8.42 Å². The van der Waals surface area contributed by atoms with Gasteiger partial charge in [-0.2, -0.15) is 17.8 Å². The molecule has 4 aromatic carbocycles. The van der Waals surface area contributed by atoms with Crippen molar-refractivity contribution < 1.29 is 60.4 Å². The van der Waals surface area contributed by atoms with Crippen LogP contribution in [0, 0.1) is 17.0 Å². The monoisotopic (exact) mass is 1050 g/mol. The molecule has 0 radical (unpaired) electrons. The zero-order chi connectivity index (χ0) is 50.0. The third-order valence-electron chi connectivity index (χ3n) is 13.3. The summed E-state index contributed by atoms with van der Waals surface area (Å²) < 4.78 is 80.9. The number of carbonyl (C=O) groups excluding carboxylic acids is 2. The molecule has 1 saturated carbocycles. The maximum Gasteiger partial charge on any atom is 0.408 e. The number of ether oxygens (including phenoxy) is 4. The number of piperidine rings is 3. The van der Waals surface area contributed by atoms with Crippen LogP contribution in [0.5, 0.6) is 17.2 Å². The molecule has 5 heterocycles. The molecular formula is C50H48Cl2F2N4O11S2. The third-order valence-corrected chi connectivity index (χ3v) is 17.5. The first kappa shape index (κ1) is 50.2. The highest BCUT2D eigenvalue weighted by atomic mass is 35.5. The maximum atomic E-state index is 15.0. The van der Waals surface area contributed by atoms with Gasteiger partial charge in [0.15, 0.2) is 28.8 Å². The number of esters is 1. The molecule has 4 aliphatic heterocycles. The Bertz CT molecular complexity index is 2890. The van der Waals surface area contributed by atoms with Gasteiger partial charge in [0.2, 0.25) is 10.0 Å². The Morgan fingerprint density at radius 1 is 0.873 bits per heavy atom. The summed E-state index contributed by atoms with van der Waals surface area (Å²) in [7, 11) is -4.82. The fourth-order valence-corrected chi connectivity index (χ4v) is 13.7. The lowest BCUT2D eigenvalue weighted by Crippen LogP contribution is -2.55. The number of benzene rings is 4. The Hall–Kier alpha value is -5.70. The van der Waals surface area contributed by atoms with Gasteiger partial charge in [0.1, 0.15) is 21.9 Å². The topological polar surface area (TPSA) is 188 Å². The fraction of sp³-hybridized carbons (Fsp3) is 0.360. The number of thioether (sulfide) groups is 1. The van der Waals surface area contributed by atoms with Gasteiger partial charge in [-0.1, -0.05) is 77.8 Å². The summed E-state index contributed by atoms with van der Waals surface area (Å²) in [5.74, 6) is -3.77. The number of pyridine rings is 1. The molecular weight excluding hydrogens is 1010 g/mol. The van der Waals surface area contributed by atoms with Crippen LogP contribution in [0.15, 0.2) is 114 Å². The molecule has 4 saturated heterocycles. The minimum Gasteiger partial charge on any atom is -0.619 e. The zero-order valence-electron chi connectivity index (χ0n) is 37.8. The summed E-state index contributed by atoms with van der Waals surface area (Å²) in [6, 6.07) is 23.9. The van der Waals surface area contributed by atoms with E-state index in [9.17, 15) is 33.5 Å². The molecule has 5 fully saturated rings. The summed E-state index contributed by atoms with van der Waals surface area (Å²) in [6.07, 6.45) is 4.52. The second kappa shape index (κ2) is 21.2. The molecule has 21 heteroatoms. The first-order valence-corrected chi connectivity index (χ1v) is 26.1. The second-order valence-electron chi connectivity index (χ2n) is 17.9. The molecule has 5 aromatic rings. The van der Waals surface area contributed by atoms with Crippen LogP contribution < -0.4 is 24.3 Å². The summed E-state index contributed by atoms with van der Waals surface area (Å²) in [5.41, 5.74) is 1.40. The van der Waals surface area contributed by atoms with Crippen molar-refractivity contribution in [1.82, 2.24) is 14.5 Å². The lowest BCUT2D eigenvalue weighted by Gasteiger charge is -2.43. The number of aliphatic carboxylic acids is 1. The van der Waals surface area contributed by atoms with Crippen molar-refractivity contribution in [2.45, 2.75) is 66.5 Å². The Labute approximate surface area is 422 Å². The number of hydrogen-bond acceptors (Lipinski definition) is 12. The van der Waals surface area contributed by atoms with Gasteiger partial charge < -0.3 is 34.6 Å². The first-order chi connectivity index (χ1) is 34.1. The average molecular weight is 1050 g/mol. The summed E-state index contributed by atoms with van der Waals surface area (Å²) in [4.78, 5) is 40.8. The third kappa shape index (κ3) is 11.0. The van der Waals surface area contributed by atoms with Crippen LogP contribution in [0.1, 0.15) is 70.3 Å². The number of nitrogens with zero attached hydrogens (tertiary/aromatic N) is 3. The molecule has 1 aromatic heterocycles. The largest absolute Gasteiger partial charge is 0.619 e. The van der Waals surface area contributed by atoms with Crippen molar-refractivity contribution in [1.29, 1.82) is 0 Å². The molecule has 2 N–H and O–H groups in total. The van der Waals surface area contributed by atoms with E-state index in [0.29, 0.717) is 22.8 Å². The van der Waals surface area contributed by atoms with Crippen molar-refractivity contribution >= 4 is 63.0 Å². The minimum atomic E-state index is -4.82. The van der Waals surface area contributed by atoms with Gasteiger partial charge >= 0.3 is 24.6 Å². The minimum absolute atomic E-state index is 0.00914. The first-order valence-electron chi connectivity index (χ1n) is 22.9. The van der Waals surface area contributed by atoms with Crippen molar-refractivity contribution in [2.75, 3.05) is 38.5 Å². The van der Waals surface area contributed by atoms with E-state index in [-0.39, 0.29) is 81.3 Å². The predicted molar refractivity (Wildman–Crippen MR) is 259 cm³/mol. The summed E-state index contributed by atoms with van der Waals surface area (Å²) in [6.45, 7) is -0.713. The number of fused-ring (bicyclic) bond motifs is 3. The van der Waals surface area contributed by atoms with Gasteiger partial charge in [-0.15, -0.1) is 11.8 Å². The second-order valence-corrected chi connectivity index (χ2v) is 21.9. The van der Waals surface area contributed by atoms with E-state index < -0.39 is 56.4 Å². The highest BCUT2D eigenvalue weighted by Crippen LogP contribution is 2.52. The van der Waals surface area contributed by atoms with Gasteiger partial charge in [-0.3, -0.25) is 4.90 Å². The van der Waals surface area contributed by atoms with E-state index in [4.69, 9.17) is 42.1 Å². The average Bonchev–Trinajstić information content (AvgIpc) is 4.07. The highest BCUT2D eigenvalue weighted by molar-refractivity contribution is 8.02. The van der Waals surface area contributed by atoms with Gasteiger partial charge in [0.25, 0.3) is 0 Å². The quantitative estimate of drug-likeness (QED) is 0.0368. The molecule has 1 amide bonds. The number of hydrogen-bond donors (Lipinski definition) is 2. The molecule has 15 nitrogen and oxygen atoms in total. The van der Waals surface area contributed by atoms with Gasteiger partial charge in [-0.25, -0.2) is 22.8 Å². The number of alkyl carbamates (subject to hydrolysis) is 1. The lowest BCUT2D eigenvalue weighted by molar-refractivity contribution is -0.605. The van der Waals surface area contributed by atoms with E-state index in [1.165, 1.54) is 42.5 Å². The molecule has 71 heavy (non-hydrogen) atoms. The predicted octanol–water partition coefficient (Wildman–Crippen LogP) is 8.69. The molecule has 10 rings (SSSR count). The van der Waals surface area contributed by atoms with Crippen LogP contribution in [0.2, 0.25) is 10.0 Å². The van der Waals surface area contributed by atoms with Gasteiger partial charge in [0.05, 0.1) is 23.1 Å². The van der Waals surface area contributed by atoms with Crippen LogP contribution >= 0.6 is 35.0 Å². The van der Waals surface area contributed by atoms with Crippen LogP contribution in [0.25, 0.3) is 0 Å². The van der Waals surface area contributed by atoms with Crippen molar-refractivity contribution in [3.05, 3.63) is 153 Å². The number of halogens is 4. The molecule has 5 aliphatic rings. The van der Waals surface area contributed by atoms with Crippen molar-refractivity contribution in [2.24, 2.45) is 11.8 Å². The number of carboxylic acid groups (broad SMARTS) is 1. The van der Waals surface area contributed by atoms with E-state index in [1.54, 1.807) is 18.2 Å².